The third-order valence-electron chi connectivity index (χ3n) is 2.09. The molecular weight excluding hydrogens is 224 g/mol. The molecule has 0 unspecified atom stereocenters. The first-order chi connectivity index (χ1) is 8.11. The van der Waals surface area contributed by atoms with Gasteiger partial charge in [-0.25, -0.2) is 19.7 Å². The van der Waals surface area contributed by atoms with Crippen molar-refractivity contribution < 1.29 is 14.6 Å². The van der Waals surface area contributed by atoms with Crippen LogP contribution in [0, 0.1) is 6.92 Å². The summed E-state index contributed by atoms with van der Waals surface area (Å²) in [6, 6.07) is 0. The number of carbonyl (C=O) groups is 1. The minimum atomic E-state index is -1.15. The fourth-order valence-corrected chi connectivity index (χ4v) is 1.32. The second-order valence-electron chi connectivity index (χ2n) is 3.32. The Kier molecular flexibility index (Phi) is 2.73. The van der Waals surface area contributed by atoms with Crippen molar-refractivity contribution in [3.05, 3.63) is 30.1 Å². The molecule has 0 bridgehead atoms. The van der Waals surface area contributed by atoms with Gasteiger partial charge in [0.05, 0.1) is 19.0 Å². The van der Waals surface area contributed by atoms with Crippen molar-refractivity contribution in [1.29, 1.82) is 0 Å². The van der Waals surface area contributed by atoms with Crippen LogP contribution in [0.25, 0.3) is 5.82 Å². The van der Waals surface area contributed by atoms with Crippen LogP contribution in [-0.2, 0) is 0 Å². The van der Waals surface area contributed by atoms with Crippen molar-refractivity contribution in [3.8, 4) is 11.7 Å². The fourth-order valence-electron chi connectivity index (χ4n) is 1.32. The molecule has 17 heavy (non-hydrogen) atoms. The topological polar surface area (TPSA) is 90.1 Å². The molecule has 0 atom stereocenters. The molecule has 2 aromatic rings. The average molecular weight is 234 g/mol. The molecule has 7 nitrogen and oxygen atoms in total. The molecule has 0 amide bonds. The molecule has 2 heterocycles. The molecule has 7 heteroatoms. The van der Waals surface area contributed by atoms with E-state index in [1.165, 1.54) is 13.3 Å². The predicted molar refractivity (Wildman–Crippen MR) is 57.4 cm³/mol. The molecular formula is C10H10N4O3. The van der Waals surface area contributed by atoms with Crippen molar-refractivity contribution in [2.24, 2.45) is 0 Å². The van der Waals surface area contributed by atoms with Gasteiger partial charge in [-0.2, -0.15) is 0 Å². The lowest BCUT2D eigenvalue weighted by Gasteiger charge is -2.06. The Hall–Kier alpha value is -2.44. The second-order valence-corrected chi connectivity index (χ2v) is 3.32. The number of rotatable bonds is 3. The number of aryl methyl sites for hydroxylation is 1. The maximum Gasteiger partial charge on any atom is 0.356 e. The summed E-state index contributed by atoms with van der Waals surface area (Å²) in [6.45, 7) is 1.84. The number of carboxylic acids is 1. The summed E-state index contributed by atoms with van der Waals surface area (Å²) >= 11 is 0. The van der Waals surface area contributed by atoms with E-state index in [0.717, 1.165) is 5.69 Å². The molecule has 0 saturated heterocycles. The number of imidazole rings is 1. The van der Waals surface area contributed by atoms with Gasteiger partial charge in [0.1, 0.15) is 6.33 Å². The summed E-state index contributed by atoms with van der Waals surface area (Å²) in [6.07, 6.45) is 4.48. The number of nitrogens with zero attached hydrogens (tertiary/aromatic N) is 4. The Bertz CT molecular complexity index is 564. The second kappa shape index (κ2) is 4.20. The number of aromatic nitrogens is 4. The number of carboxylic acid groups (broad SMARTS) is 1. The summed E-state index contributed by atoms with van der Waals surface area (Å²) in [5.74, 6) is -0.607. The van der Waals surface area contributed by atoms with E-state index in [1.54, 1.807) is 17.1 Å². The van der Waals surface area contributed by atoms with E-state index in [4.69, 9.17) is 9.84 Å². The summed E-state index contributed by atoms with van der Waals surface area (Å²) < 4.78 is 6.63. The van der Waals surface area contributed by atoms with Gasteiger partial charge < -0.3 is 9.84 Å². The number of aromatic carboxylic acids is 1. The summed E-state index contributed by atoms with van der Waals surface area (Å²) in [5.41, 5.74) is 0.651. The zero-order valence-electron chi connectivity index (χ0n) is 9.28. The SMILES string of the molecule is COc1nc(C(=O)O)cnc1-n1cnc(C)c1. The van der Waals surface area contributed by atoms with Gasteiger partial charge in [-0.1, -0.05) is 0 Å². The van der Waals surface area contributed by atoms with Crippen LogP contribution in [0.3, 0.4) is 0 Å². The minimum Gasteiger partial charge on any atom is -0.478 e. The van der Waals surface area contributed by atoms with Gasteiger partial charge in [-0.15, -0.1) is 0 Å². The van der Waals surface area contributed by atoms with Gasteiger partial charge in [0, 0.05) is 6.20 Å². The van der Waals surface area contributed by atoms with Gasteiger partial charge >= 0.3 is 5.97 Å². The van der Waals surface area contributed by atoms with Crippen LogP contribution in [0.4, 0.5) is 0 Å². The maximum atomic E-state index is 10.7. The molecule has 2 aromatic heterocycles. The summed E-state index contributed by atoms with van der Waals surface area (Å²) in [7, 11) is 1.41. The van der Waals surface area contributed by atoms with Crippen molar-refractivity contribution in [1.82, 2.24) is 19.5 Å². The highest BCUT2D eigenvalue weighted by molar-refractivity contribution is 5.85. The van der Waals surface area contributed by atoms with E-state index >= 15 is 0 Å². The summed E-state index contributed by atoms with van der Waals surface area (Å²) in [4.78, 5) is 22.6. The van der Waals surface area contributed by atoms with E-state index in [1.807, 2.05) is 6.92 Å². The van der Waals surface area contributed by atoms with Gasteiger partial charge in [-0.05, 0) is 6.92 Å². The average Bonchev–Trinajstić information content (AvgIpc) is 2.74. The zero-order chi connectivity index (χ0) is 12.4. The van der Waals surface area contributed by atoms with Gasteiger partial charge in [0.25, 0.3) is 5.88 Å². The highest BCUT2D eigenvalue weighted by atomic mass is 16.5. The molecule has 0 radical (unpaired) electrons. The van der Waals surface area contributed by atoms with E-state index in [2.05, 4.69) is 15.0 Å². The van der Waals surface area contributed by atoms with Crippen LogP contribution in [0.5, 0.6) is 5.88 Å². The van der Waals surface area contributed by atoms with Crippen LogP contribution < -0.4 is 4.74 Å². The lowest BCUT2D eigenvalue weighted by atomic mass is 10.4. The fraction of sp³-hybridized carbons (Fsp3) is 0.200. The van der Waals surface area contributed by atoms with Gasteiger partial charge in [0.15, 0.2) is 5.69 Å². The number of hydrogen-bond donors (Lipinski definition) is 1. The maximum absolute atomic E-state index is 10.7. The minimum absolute atomic E-state index is 0.141. The van der Waals surface area contributed by atoms with Crippen molar-refractivity contribution >= 4 is 5.97 Å². The Labute approximate surface area is 96.7 Å². The Morgan fingerprint density at radius 2 is 2.24 bits per heavy atom. The number of hydrogen-bond acceptors (Lipinski definition) is 5. The molecule has 0 aliphatic heterocycles. The molecule has 88 valence electrons. The Morgan fingerprint density at radius 3 is 2.76 bits per heavy atom. The number of methoxy groups -OCH3 is 1. The Balaban J connectivity index is 2.51. The molecule has 2 rings (SSSR count). The van der Waals surface area contributed by atoms with Crippen molar-refractivity contribution in [3.63, 3.8) is 0 Å². The van der Waals surface area contributed by atoms with Crippen LogP contribution in [0.2, 0.25) is 0 Å². The van der Waals surface area contributed by atoms with Gasteiger partial charge in [-0.3, -0.25) is 4.57 Å². The summed E-state index contributed by atoms with van der Waals surface area (Å²) in [5, 5.41) is 8.79. The zero-order valence-corrected chi connectivity index (χ0v) is 9.28. The third kappa shape index (κ3) is 2.07. The first-order valence-electron chi connectivity index (χ1n) is 4.77. The van der Waals surface area contributed by atoms with Crippen LogP contribution in [0.15, 0.2) is 18.7 Å². The standard InChI is InChI=1S/C10H10N4O3/c1-6-4-14(5-12-6)8-9(17-2)13-7(3-11-8)10(15)16/h3-5H,1-2H3,(H,15,16). The van der Waals surface area contributed by atoms with Crippen molar-refractivity contribution in [2.45, 2.75) is 6.92 Å². The smallest absolute Gasteiger partial charge is 0.356 e. The molecule has 0 saturated carbocycles. The quantitative estimate of drug-likeness (QED) is 0.839. The third-order valence-corrected chi connectivity index (χ3v) is 2.09. The lowest BCUT2D eigenvalue weighted by Crippen LogP contribution is -2.07. The van der Waals surface area contributed by atoms with E-state index < -0.39 is 5.97 Å². The molecule has 0 aliphatic rings. The molecule has 0 aliphatic carbocycles. The monoisotopic (exact) mass is 234 g/mol. The van der Waals surface area contributed by atoms with Crippen LogP contribution in [0.1, 0.15) is 16.2 Å². The lowest BCUT2D eigenvalue weighted by molar-refractivity contribution is 0.0689. The molecule has 0 fully saturated rings. The normalized spacial score (nSPS) is 10.2. The van der Waals surface area contributed by atoms with Crippen molar-refractivity contribution in [2.75, 3.05) is 7.11 Å². The molecule has 0 spiro atoms. The molecule has 0 aromatic carbocycles. The van der Waals surface area contributed by atoms with Crippen LogP contribution in [-0.4, -0.2) is 37.7 Å². The van der Waals surface area contributed by atoms with Gasteiger partial charge in [0.2, 0.25) is 5.82 Å². The highest BCUT2D eigenvalue weighted by Gasteiger charge is 2.13. The first kappa shape index (κ1) is 11.1. The molecule has 1 N–H and O–H groups in total. The van der Waals surface area contributed by atoms with E-state index in [0.29, 0.717) is 5.82 Å². The Morgan fingerprint density at radius 1 is 1.47 bits per heavy atom. The van der Waals surface area contributed by atoms with Crippen LogP contribution >= 0.6 is 0 Å². The van der Waals surface area contributed by atoms with E-state index in [-0.39, 0.29) is 11.6 Å². The number of ether oxygens (including phenoxy) is 1. The predicted octanol–water partition coefficient (Wildman–Crippen LogP) is 0.678. The highest BCUT2D eigenvalue weighted by Crippen LogP contribution is 2.17. The van der Waals surface area contributed by atoms with E-state index in [9.17, 15) is 4.79 Å². The largest absolute Gasteiger partial charge is 0.478 e. The first-order valence-corrected chi connectivity index (χ1v) is 4.77.